The predicted octanol–water partition coefficient (Wildman–Crippen LogP) is 2.09. The second-order valence-corrected chi connectivity index (χ2v) is 3.84. The Morgan fingerprint density at radius 2 is 2.36 bits per heavy atom. The number of hydrogen-bond donors (Lipinski definition) is 0. The van der Waals surface area contributed by atoms with Crippen LogP contribution in [0.25, 0.3) is 0 Å². The third-order valence-corrected chi connectivity index (χ3v) is 2.65. The zero-order valence-electron chi connectivity index (χ0n) is 8.75. The van der Waals surface area contributed by atoms with Gasteiger partial charge >= 0.3 is 5.97 Å². The number of esters is 1. The average Bonchev–Trinajstić information content (AvgIpc) is 2.15. The number of ketones is 1. The van der Waals surface area contributed by atoms with E-state index in [-0.39, 0.29) is 5.97 Å². The van der Waals surface area contributed by atoms with E-state index in [0.717, 1.165) is 25.7 Å². The molecule has 1 aliphatic carbocycles. The van der Waals surface area contributed by atoms with E-state index in [4.69, 9.17) is 4.74 Å². The van der Waals surface area contributed by atoms with Gasteiger partial charge in [-0.1, -0.05) is 0 Å². The fraction of sp³-hybridized carbons (Fsp3) is 0.818. The fourth-order valence-corrected chi connectivity index (χ4v) is 1.92. The summed E-state index contributed by atoms with van der Waals surface area (Å²) < 4.78 is 4.84. The third-order valence-electron chi connectivity index (χ3n) is 2.65. The molecule has 0 radical (unpaired) electrons. The molecular weight excluding hydrogens is 180 g/mol. The van der Waals surface area contributed by atoms with Crippen LogP contribution in [-0.2, 0) is 14.3 Å². The molecule has 0 heterocycles. The number of hydrogen-bond acceptors (Lipinski definition) is 3. The predicted molar refractivity (Wildman–Crippen MR) is 52.8 cm³/mol. The van der Waals surface area contributed by atoms with E-state index in [1.807, 2.05) is 6.92 Å². The van der Waals surface area contributed by atoms with E-state index in [2.05, 4.69) is 0 Å². The van der Waals surface area contributed by atoms with Crippen molar-refractivity contribution in [2.24, 2.45) is 5.92 Å². The van der Waals surface area contributed by atoms with Crippen LogP contribution in [0.2, 0.25) is 0 Å². The zero-order valence-corrected chi connectivity index (χ0v) is 8.75. The maximum Gasteiger partial charge on any atom is 0.305 e. The Balaban J connectivity index is 2.17. The summed E-state index contributed by atoms with van der Waals surface area (Å²) in [5.74, 6) is 0.635. The van der Waals surface area contributed by atoms with Gasteiger partial charge in [0.05, 0.1) is 6.61 Å². The Hall–Kier alpha value is -0.860. The minimum absolute atomic E-state index is 0.134. The van der Waals surface area contributed by atoms with Crippen LogP contribution in [0, 0.1) is 5.92 Å². The summed E-state index contributed by atoms with van der Waals surface area (Å²) in [5.41, 5.74) is 0. The van der Waals surface area contributed by atoms with Crippen molar-refractivity contribution in [3.05, 3.63) is 0 Å². The molecule has 0 aromatic carbocycles. The largest absolute Gasteiger partial charge is 0.466 e. The fourth-order valence-electron chi connectivity index (χ4n) is 1.92. The van der Waals surface area contributed by atoms with Crippen LogP contribution in [0.1, 0.15) is 45.4 Å². The molecule has 0 spiro atoms. The van der Waals surface area contributed by atoms with Crippen LogP contribution in [0.4, 0.5) is 0 Å². The number of rotatable bonds is 4. The smallest absolute Gasteiger partial charge is 0.305 e. The van der Waals surface area contributed by atoms with Crippen molar-refractivity contribution in [2.45, 2.75) is 45.4 Å². The second kappa shape index (κ2) is 5.78. The van der Waals surface area contributed by atoms with E-state index >= 15 is 0 Å². The molecule has 14 heavy (non-hydrogen) atoms. The first-order valence-electron chi connectivity index (χ1n) is 5.39. The highest BCUT2D eigenvalue weighted by Crippen LogP contribution is 2.25. The van der Waals surface area contributed by atoms with Gasteiger partial charge in [-0.05, 0) is 32.1 Å². The van der Waals surface area contributed by atoms with Gasteiger partial charge in [0, 0.05) is 19.3 Å². The topological polar surface area (TPSA) is 43.4 Å². The van der Waals surface area contributed by atoms with E-state index in [0.29, 0.717) is 31.1 Å². The van der Waals surface area contributed by atoms with Crippen molar-refractivity contribution in [3.63, 3.8) is 0 Å². The Morgan fingerprint density at radius 1 is 1.57 bits per heavy atom. The Labute approximate surface area is 84.8 Å². The number of Topliss-reactive ketones (excluding diaryl/α,β-unsaturated/α-hetero) is 1. The second-order valence-electron chi connectivity index (χ2n) is 3.84. The van der Waals surface area contributed by atoms with Gasteiger partial charge in [0.15, 0.2) is 0 Å². The highest BCUT2D eigenvalue weighted by molar-refractivity contribution is 5.79. The van der Waals surface area contributed by atoms with Gasteiger partial charge in [0.25, 0.3) is 0 Å². The Kier molecular flexibility index (Phi) is 4.63. The molecule has 0 aromatic heterocycles. The summed E-state index contributed by atoms with van der Waals surface area (Å²) in [6.45, 7) is 2.25. The molecule has 0 aromatic rings. The molecule has 0 bridgehead atoms. The van der Waals surface area contributed by atoms with Gasteiger partial charge < -0.3 is 4.74 Å². The number of ether oxygens (including phenoxy) is 1. The molecule has 1 rings (SSSR count). The Morgan fingerprint density at radius 3 is 3.00 bits per heavy atom. The van der Waals surface area contributed by atoms with Crippen LogP contribution >= 0.6 is 0 Å². The molecule has 3 heteroatoms. The van der Waals surface area contributed by atoms with Gasteiger partial charge in [0.1, 0.15) is 5.78 Å². The summed E-state index contributed by atoms with van der Waals surface area (Å²) in [6.07, 6.45) is 4.75. The van der Waals surface area contributed by atoms with E-state index in [9.17, 15) is 9.59 Å². The monoisotopic (exact) mass is 198 g/mol. The van der Waals surface area contributed by atoms with Crippen molar-refractivity contribution in [2.75, 3.05) is 6.61 Å². The van der Waals surface area contributed by atoms with Crippen LogP contribution < -0.4 is 0 Å². The maximum atomic E-state index is 11.1. The summed E-state index contributed by atoms with van der Waals surface area (Å²) in [7, 11) is 0. The van der Waals surface area contributed by atoms with E-state index < -0.39 is 0 Å². The standard InChI is InChI=1S/C11H18O3/c1-2-14-11(13)7-6-9-4-3-5-10(12)8-9/h9H,2-8H2,1H3. The highest BCUT2D eigenvalue weighted by Gasteiger charge is 2.20. The first kappa shape index (κ1) is 11.2. The van der Waals surface area contributed by atoms with Crippen LogP contribution in [0.3, 0.4) is 0 Å². The third kappa shape index (κ3) is 3.90. The summed E-state index contributed by atoms with van der Waals surface area (Å²) in [6, 6.07) is 0. The van der Waals surface area contributed by atoms with Crippen LogP contribution in [0.5, 0.6) is 0 Å². The summed E-state index contributed by atoms with van der Waals surface area (Å²) in [4.78, 5) is 22.2. The van der Waals surface area contributed by atoms with Crippen molar-refractivity contribution >= 4 is 11.8 Å². The molecule has 0 N–H and O–H groups in total. The quantitative estimate of drug-likeness (QED) is 0.650. The first-order chi connectivity index (χ1) is 6.72. The Bertz CT molecular complexity index is 211. The van der Waals surface area contributed by atoms with Gasteiger partial charge in [-0.15, -0.1) is 0 Å². The molecule has 0 saturated heterocycles. The van der Waals surface area contributed by atoms with Crippen molar-refractivity contribution in [1.29, 1.82) is 0 Å². The first-order valence-corrected chi connectivity index (χ1v) is 5.39. The molecule has 0 amide bonds. The molecule has 1 saturated carbocycles. The SMILES string of the molecule is CCOC(=O)CCC1CCCC(=O)C1. The normalized spacial score (nSPS) is 22.1. The highest BCUT2D eigenvalue weighted by atomic mass is 16.5. The molecule has 80 valence electrons. The zero-order chi connectivity index (χ0) is 10.4. The van der Waals surface area contributed by atoms with Crippen LogP contribution in [0.15, 0.2) is 0 Å². The lowest BCUT2D eigenvalue weighted by molar-refractivity contribution is -0.143. The molecule has 1 fully saturated rings. The van der Waals surface area contributed by atoms with Crippen molar-refractivity contribution < 1.29 is 14.3 Å². The van der Waals surface area contributed by atoms with Crippen LogP contribution in [-0.4, -0.2) is 18.4 Å². The molecule has 1 unspecified atom stereocenters. The summed E-state index contributed by atoms with van der Waals surface area (Å²) in [5, 5.41) is 0. The van der Waals surface area contributed by atoms with Gasteiger partial charge in [-0.25, -0.2) is 0 Å². The number of carbonyl (C=O) groups excluding carboxylic acids is 2. The van der Waals surface area contributed by atoms with Gasteiger partial charge in [-0.3, -0.25) is 9.59 Å². The molecule has 0 aliphatic heterocycles. The molecule has 1 atom stereocenters. The molecule has 1 aliphatic rings. The maximum absolute atomic E-state index is 11.1. The average molecular weight is 198 g/mol. The molecule has 3 nitrogen and oxygen atoms in total. The molecular formula is C11H18O3. The number of carbonyl (C=O) groups is 2. The van der Waals surface area contributed by atoms with Crippen molar-refractivity contribution in [3.8, 4) is 0 Å². The minimum atomic E-state index is -0.134. The van der Waals surface area contributed by atoms with Gasteiger partial charge in [-0.2, -0.15) is 0 Å². The van der Waals surface area contributed by atoms with Gasteiger partial charge in [0.2, 0.25) is 0 Å². The minimum Gasteiger partial charge on any atom is -0.466 e. The van der Waals surface area contributed by atoms with Crippen molar-refractivity contribution in [1.82, 2.24) is 0 Å². The summed E-state index contributed by atoms with van der Waals surface area (Å²) >= 11 is 0. The lowest BCUT2D eigenvalue weighted by Crippen LogP contribution is -2.16. The lowest BCUT2D eigenvalue weighted by Gasteiger charge is -2.19. The van der Waals surface area contributed by atoms with E-state index in [1.165, 1.54) is 0 Å². The van der Waals surface area contributed by atoms with E-state index in [1.54, 1.807) is 0 Å². The lowest BCUT2D eigenvalue weighted by atomic mass is 9.85.